The average Bonchev–Trinajstić information content (AvgIpc) is 2.18. The van der Waals surface area contributed by atoms with Crippen molar-refractivity contribution in [1.29, 1.82) is 0 Å². The predicted molar refractivity (Wildman–Crippen MR) is 65.7 cm³/mol. The van der Waals surface area contributed by atoms with Crippen LogP contribution in [0.2, 0.25) is 0 Å². The summed E-state index contributed by atoms with van der Waals surface area (Å²) in [4.78, 5) is 0. The zero-order chi connectivity index (χ0) is 11.0. The molecule has 0 aromatic rings. The molecule has 0 aliphatic heterocycles. The molecule has 86 valence electrons. The molecule has 0 bridgehead atoms. The van der Waals surface area contributed by atoms with Gasteiger partial charge in [-0.05, 0) is 39.2 Å². The van der Waals surface area contributed by atoms with Crippen LogP contribution in [0.5, 0.6) is 0 Å². The number of unbranched alkanes of at least 4 members (excludes halogenated alkanes) is 1. The van der Waals surface area contributed by atoms with Crippen molar-refractivity contribution in [2.45, 2.75) is 72.3 Å². The summed E-state index contributed by atoms with van der Waals surface area (Å²) in [6.07, 6.45) is 6.62. The van der Waals surface area contributed by atoms with Crippen LogP contribution in [0.4, 0.5) is 0 Å². The molecule has 1 atom stereocenters. The lowest BCUT2D eigenvalue weighted by molar-refractivity contribution is 0.321. The molecule has 0 fully saturated rings. The predicted octanol–water partition coefficient (Wildman–Crippen LogP) is 3.98. The van der Waals surface area contributed by atoms with Crippen molar-refractivity contribution in [2.75, 3.05) is 6.54 Å². The molecule has 0 saturated heterocycles. The van der Waals surface area contributed by atoms with Crippen LogP contribution in [0, 0.1) is 5.92 Å². The Labute approximate surface area is 90.7 Å². The summed E-state index contributed by atoms with van der Waals surface area (Å²) in [5, 5.41) is 3.67. The highest BCUT2D eigenvalue weighted by Gasteiger charge is 2.15. The van der Waals surface area contributed by atoms with E-state index in [1.807, 2.05) is 0 Å². The summed E-state index contributed by atoms with van der Waals surface area (Å²) >= 11 is 0. The van der Waals surface area contributed by atoms with E-state index in [0.717, 1.165) is 5.92 Å². The van der Waals surface area contributed by atoms with E-state index in [4.69, 9.17) is 0 Å². The molecular formula is C13H29N. The zero-order valence-electron chi connectivity index (χ0n) is 10.8. The first-order valence-electron chi connectivity index (χ1n) is 6.30. The topological polar surface area (TPSA) is 12.0 Å². The molecule has 1 nitrogen and oxygen atoms in total. The maximum Gasteiger partial charge on any atom is 0.0122 e. The van der Waals surface area contributed by atoms with Gasteiger partial charge in [-0.1, -0.05) is 40.0 Å². The minimum Gasteiger partial charge on any atom is -0.312 e. The molecule has 1 N–H and O–H groups in total. The van der Waals surface area contributed by atoms with Crippen LogP contribution in [0.1, 0.15) is 66.7 Å². The van der Waals surface area contributed by atoms with Crippen LogP contribution in [0.25, 0.3) is 0 Å². The van der Waals surface area contributed by atoms with E-state index >= 15 is 0 Å². The van der Waals surface area contributed by atoms with Crippen molar-refractivity contribution >= 4 is 0 Å². The van der Waals surface area contributed by atoms with E-state index in [9.17, 15) is 0 Å². The van der Waals surface area contributed by atoms with Gasteiger partial charge in [-0.2, -0.15) is 0 Å². The second-order valence-corrected chi connectivity index (χ2v) is 5.03. The van der Waals surface area contributed by atoms with E-state index < -0.39 is 0 Å². The summed E-state index contributed by atoms with van der Waals surface area (Å²) in [7, 11) is 0. The molecule has 0 aromatic heterocycles. The Morgan fingerprint density at radius 2 is 1.79 bits per heavy atom. The van der Waals surface area contributed by atoms with E-state index in [-0.39, 0.29) is 0 Å². The van der Waals surface area contributed by atoms with Gasteiger partial charge in [0, 0.05) is 5.54 Å². The molecule has 0 amide bonds. The highest BCUT2D eigenvalue weighted by molar-refractivity contribution is 4.76. The fourth-order valence-electron chi connectivity index (χ4n) is 1.49. The van der Waals surface area contributed by atoms with Crippen molar-refractivity contribution in [3.63, 3.8) is 0 Å². The third-order valence-electron chi connectivity index (χ3n) is 3.30. The molecule has 1 heteroatoms. The number of rotatable bonds is 8. The van der Waals surface area contributed by atoms with Gasteiger partial charge < -0.3 is 5.32 Å². The Hall–Kier alpha value is -0.0400. The quantitative estimate of drug-likeness (QED) is 0.623. The maximum absolute atomic E-state index is 3.67. The van der Waals surface area contributed by atoms with Crippen molar-refractivity contribution < 1.29 is 0 Å². The standard InChI is InChI=1S/C13H29N/c1-6-9-10-12(7-2)11-14-13(4,5)8-3/h12,14H,6-11H2,1-5H3. The van der Waals surface area contributed by atoms with E-state index in [2.05, 4.69) is 39.9 Å². The van der Waals surface area contributed by atoms with Gasteiger partial charge in [-0.3, -0.25) is 0 Å². The van der Waals surface area contributed by atoms with Crippen LogP contribution in [-0.4, -0.2) is 12.1 Å². The Morgan fingerprint density at radius 3 is 2.21 bits per heavy atom. The van der Waals surface area contributed by atoms with Crippen molar-refractivity contribution in [2.24, 2.45) is 5.92 Å². The lowest BCUT2D eigenvalue weighted by Gasteiger charge is -2.27. The van der Waals surface area contributed by atoms with Gasteiger partial charge in [0.25, 0.3) is 0 Å². The van der Waals surface area contributed by atoms with Gasteiger partial charge in [-0.25, -0.2) is 0 Å². The Bertz CT molecular complexity index is 129. The van der Waals surface area contributed by atoms with Gasteiger partial charge in [0.2, 0.25) is 0 Å². The summed E-state index contributed by atoms with van der Waals surface area (Å²) in [6.45, 7) is 12.6. The second-order valence-electron chi connectivity index (χ2n) is 5.03. The van der Waals surface area contributed by atoms with Crippen LogP contribution in [0.3, 0.4) is 0 Å². The Balaban J connectivity index is 3.71. The maximum atomic E-state index is 3.67. The Kier molecular flexibility index (Phi) is 7.26. The number of hydrogen-bond donors (Lipinski definition) is 1. The second kappa shape index (κ2) is 7.28. The third-order valence-corrected chi connectivity index (χ3v) is 3.30. The van der Waals surface area contributed by atoms with Crippen LogP contribution in [0.15, 0.2) is 0 Å². The molecule has 0 aliphatic carbocycles. The lowest BCUT2D eigenvalue weighted by atomic mass is 9.96. The first-order chi connectivity index (χ1) is 6.55. The van der Waals surface area contributed by atoms with Crippen molar-refractivity contribution in [3.8, 4) is 0 Å². The molecule has 0 aromatic carbocycles. The first-order valence-corrected chi connectivity index (χ1v) is 6.30. The zero-order valence-corrected chi connectivity index (χ0v) is 10.8. The van der Waals surface area contributed by atoms with Gasteiger partial charge >= 0.3 is 0 Å². The number of hydrogen-bond acceptors (Lipinski definition) is 1. The van der Waals surface area contributed by atoms with Gasteiger partial charge in [0.1, 0.15) is 0 Å². The highest BCUT2D eigenvalue weighted by Crippen LogP contribution is 2.14. The normalized spacial score (nSPS) is 14.4. The monoisotopic (exact) mass is 199 g/mol. The largest absolute Gasteiger partial charge is 0.312 e. The fraction of sp³-hybridized carbons (Fsp3) is 1.00. The highest BCUT2D eigenvalue weighted by atomic mass is 14.9. The van der Waals surface area contributed by atoms with Crippen LogP contribution >= 0.6 is 0 Å². The molecule has 0 spiro atoms. The van der Waals surface area contributed by atoms with Gasteiger partial charge in [-0.15, -0.1) is 0 Å². The number of nitrogens with one attached hydrogen (secondary N) is 1. The Morgan fingerprint density at radius 1 is 1.14 bits per heavy atom. The summed E-state index contributed by atoms with van der Waals surface area (Å²) in [6, 6.07) is 0. The summed E-state index contributed by atoms with van der Waals surface area (Å²) < 4.78 is 0. The lowest BCUT2D eigenvalue weighted by Crippen LogP contribution is -2.41. The van der Waals surface area contributed by atoms with Gasteiger partial charge in [0.05, 0.1) is 0 Å². The molecule has 0 rings (SSSR count). The fourth-order valence-corrected chi connectivity index (χ4v) is 1.49. The van der Waals surface area contributed by atoms with E-state index in [0.29, 0.717) is 5.54 Å². The van der Waals surface area contributed by atoms with Crippen molar-refractivity contribution in [1.82, 2.24) is 5.32 Å². The molecule has 0 radical (unpaired) electrons. The molecular weight excluding hydrogens is 170 g/mol. The molecule has 0 saturated carbocycles. The van der Waals surface area contributed by atoms with Crippen LogP contribution in [-0.2, 0) is 0 Å². The summed E-state index contributed by atoms with van der Waals surface area (Å²) in [5.41, 5.74) is 0.319. The molecule has 0 heterocycles. The van der Waals surface area contributed by atoms with Crippen molar-refractivity contribution in [3.05, 3.63) is 0 Å². The van der Waals surface area contributed by atoms with Crippen LogP contribution < -0.4 is 5.32 Å². The van der Waals surface area contributed by atoms with E-state index in [1.165, 1.54) is 38.6 Å². The molecule has 1 unspecified atom stereocenters. The SMILES string of the molecule is CCCCC(CC)CNC(C)(C)CC. The first kappa shape index (κ1) is 14.0. The van der Waals surface area contributed by atoms with Gasteiger partial charge in [0.15, 0.2) is 0 Å². The third kappa shape index (κ3) is 6.42. The minimum absolute atomic E-state index is 0.319. The molecule has 0 aliphatic rings. The summed E-state index contributed by atoms with van der Waals surface area (Å²) in [5.74, 6) is 0.876. The molecule has 14 heavy (non-hydrogen) atoms. The minimum atomic E-state index is 0.319. The van der Waals surface area contributed by atoms with E-state index in [1.54, 1.807) is 0 Å². The average molecular weight is 199 g/mol. The smallest absolute Gasteiger partial charge is 0.0122 e.